The van der Waals surface area contributed by atoms with Gasteiger partial charge >= 0.3 is 0 Å². The Hall–Kier alpha value is -4.43. The van der Waals surface area contributed by atoms with Crippen LogP contribution in [0.3, 0.4) is 0 Å². The average molecular weight is 463 g/mol. The van der Waals surface area contributed by atoms with Crippen molar-refractivity contribution >= 4 is 21.8 Å². The van der Waals surface area contributed by atoms with Gasteiger partial charge in [-0.15, -0.1) is 25.5 Å². The summed E-state index contributed by atoms with van der Waals surface area (Å²) in [7, 11) is 0. The van der Waals surface area contributed by atoms with Gasteiger partial charge in [-0.3, -0.25) is 14.2 Å². The van der Waals surface area contributed by atoms with Gasteiger partial charge in [0.05, 0.1) is 47.8 Å². The third-order valence-electron chi connectivity index (χ3n) is 5.80. The SMILES string of the molecule is CC[C@H](Cn1ncnn1)n1cnc2cc3c(=O)n([C@H](CC)Cn4ncnn4)nnc3cc2c1=O. The second-order valence-electron chi connectivity index (χ2n) is 7.79. The maximum atomic E-state index is 13.3. The van der Waals surface area contributed by atoms with Gasteiger partial charge in [0.2, 0.25) is 0 Å². The molecule has 0 saturated heterocycles. The molecule has 0 N–H and O–H groups in total. The standard InChI is InChI=1S/C19H21N13O2/c1-3-12(7-30-23-9-21-26-30)29-11-20-16-5-15-17(6-14(16)18(29)33)25-28-32(19(15)34)13(4-2)8-31-24-10-22-27-31/h5-6,9-13H,3-4,7-8H2,1-2H3/t12-,13-/m1/s1. The predicted octanol–water partition coefficient (Wildman–Crippen LogP) is -0.223. The highest BCUT2D eigenvalue weighted by molar-refractivity contribution is 5.93. The Balaban J connectivity index is 1.56. The summed E-state index contributed by atoms with van der Waals surface area (Å²) in [6.45, 7) is 4.60. The predicted molar refractivity (Wildman–Crippen MR) is 118 cm³/mol. The van der Waals surface area contributed by atoms with Crippen LogP contribution in [-0.4, -0.2) is 65.0 Å². The van der Waals surface area contributed by atoms with Crippen molar-refractivity contribution in [3.63, 3.8) is 0 Å². The Morgan fingerprint density at radius 1 is 0.794 bits per heavy atom. The molecule has 5 rings (SSSR count). The van der Waals surface area contributed by atoms with Gasteiger partial charge in [0.1, 0.15) is 5.52 Å². The zero-order valence-corrected chi connectivity index (χ0v) is 18.5. The normalized spacial score (nSPS) is 13.5. The Morgan fingerprint density at radius 2 is 1.41 bits per heavy atom. The van der Waals surface area contributed by atoms with Crippen LogP contribution in [0.15, 0.2) is 40.7 Å². The highest BCUT2D eigenvalue weighted by Crippen LogP contribution is 2.18. The Morgan fingerprint density at radius 3 is 2.03 bits per heavy atom. The summed E-state index contributed by atoms with van der Waals surface area (Å²) in [6.07, 6.45) is 5.43. The third kappa shape index (κ3) is 3.80. The minimum absolute atomic E-state index is 0.218. The van der Waals surface area contributed by atoms with E-state index in [4.69, 9.17) is 0 Å². The molecule has 0 fully saturated rings. The van der Waals surface area contributed by atoms with E-state index in [2.05, 4.69) is 46.1 Å². The Bertz CT molecular complexity index is 1420. The largest absolute Gasteiger partial charge is 0.294 e. The molecule has 0 aliphatic rings. The van der Waals surface area contributed by atoms with E-state index < -0.39 is 0 Å². The number of hydrogen-bond donors (Lipinski definition) is 0. The van der Waals surface area contributed by atoms with Gasteiger partial charge in [0.15, 0.2) is 12.7 Å². The van der Waals surface area contributed by atoms with Crippen LogP contribution in [-0.2, 0) is 13.1 Å². The fraction of sp³-hybridized carbons (Fsp3) is 0.421. The maximum Gasteiger partial charge on any atom is 0.278 e. The number of benzene rings is 1. The molecule has 0 aliphatic heterocycles. The Kier molecular flexibility index (Phi) is 5.57. The molecule has 0 unspecified atom stereocenters. The highest BCUT2D eigenvalue weighted by Gasteiger charge is 2.19. The summed E-state index contributed by atoms with van der Waals surface area (Å²) in [4.78, 5) is 33.8. The van der Waals surface area contributed by atoms with Crippen LogP contribution in [0.5, 0.6) is 0 Å². The number of aromatic nitrogens is 13. The van der Waals surface area contributed by atoms with Crippen LogP contribution in [0.4, 0.5) is 0 Å². The summed E-state index contributed by atoms with van der Waals surface area (Å²) < 4.78 is 2.86. The van der Waals surface area contributed by atoms with E-state index in [1.807, 2.05) is 13.8 Å². The average Bonchev–Trinajstić information content (AvgIpc) is 3.56. The highest BCUT2D eigenvalue weighted by atomic mass is 16.1. The van der Waals surface area contributed by atoms with Crippen LogP contribution in [0.1, 0.15) is 38.8 Å². The smallest absolute Gasteiger partial charge is 0.278 e. The van der Waals surface area contributed by atoms with Crippen molar-refractivity contribution in [1.82, 2.24) is 65.0 Å². The van der Waals surface area contributed by atoms with E-state index in [-0.39, 0.29) is 23.2 Å². The lowest BCUT2D eigenvalue weighted by Crippen LogP contribution is -2.31. The van der Waals surface area contributed by atoms with Gasteiger partial charge < -0.3 is 0 Å². The fourth-order valence-corrected chi connectivity index (χ4v) is 3.90. The molecule has 1 aromatic carbocycles. The van der Waals surface area contributed by atoms with Crippen molar-refractivity contribution in [3.05, 3.63) is 51.8 Å². The molecule has 4 heterocycles. The molecule has 15 nitrogen and oxygen atoms in total. The van der Waals surface area contributed by atoms with Crippen molar-refractivity contribution in [2.75, 3.05) is 0 Å². The summed E-state index contributed by atoms with van der Waals surface area (Å²) in [5, 5.41) is 32.2. The van der Waals surface area contributed by atoms with Crippen LogP contribution < -0.4 is 11.1 Å². The number of fused-ring (bicyclic) bond motifs is 2. The number of nitrogens with zero attached hydrogens (tertiary/aromatic N) is 13. The number of hydrogen-bond acceptors (Lipinski definition) is 11. The zero-order valence-electron chi connectivity index (χ0n) is 18.5. The molecule has 15 heteroatoms. The first-order chi connectivity index (χ1) is 16.6. The molecule has 0 radical (unpaired) electrons. The molecular formula is C19H21N13O2. The van der Waals surface area contributed by atoms with Gasteiger partial charge in [-0.05, 0) is 35.4 Å². The molecule has 0 saturated carbocycles. The quantitative estimate of drug-likeness (QED) is 0.279. The van der Waals surface area contributed by atoms with E-state index in [9.17, 15) is 9.59 Å². The van der Waals surface area contributed by atoms with E-state index in [1.165, 1.54) is 33.3 Å². The summed E-state index contributed by atoms with van der Waals surface area (Å²) >= 11 is 0. The second kappa shape index (κ2) is 8.84. The monoisotopic (exact) mass is 463 g/mol. The van der Waals surface area contributed by atoms with E-state index in [1.54, 1.807) is 16.7 Å². The van der Waals surface area contributed by atoms with Crippen LogP contribution in [0.25, 0.3) is 21.8 Å². The van der Waals surface area contributed by atoms with Crippen molar-refractivity contribution in [1.29, 1.82) is 0 Å². The van der Waals surface area contributed by atoms with Crippen LogP contribution in [0, 0.1) is 0 Å². The van der Waals surface area contributed by atoms with E-state index in [0.29, 0.717) is 47.7 Å². The molecule has 5 aromatic rings. The molecule has 34 heavy (non-hydrogen) atoms. The number of rotatable bonds is 8. The summed E-state index contributed by atoms with van der Waals surface area (Å²) in [6, 6.07) is 2.62. The van der Waals surface area contributed by atoms with Gasteiger partial charge in [0.25, 0.3) is 11.1 Å². The first-order valence-corrected chi connectivity index (χ1v) is 10.8. The van der Waals surface area contributed by atoms with Crippen molar-refractivity contribution in [2.45, 2.75) is 51.9 Å². The lowest BCUT2D eigenvalue weighted by Gasteiger charge is -2.17. The van der Waals surface area contributed by atoms with E-state index >= 15 is 0 Å². The van der Waals surface area contributed by atoms with Gasteiger partial charge in [-0.1, -0.05) is 19.1 Å². The van der Waals surface area contributed by atoms with E-state index in [0.717, 1.165) is 0 Å². The van der Waals surface area contributed by atoms with Crippen molar-refractivity contribution in [2.24, 2.45) is 0 Å². The first kappa shape index (κ1) is 21.4. The second-order valence-corrected chi connectivity index (χ2v) is 7.79. The van der Waals surface area contributed by atoms with Crippen molar-refractivity contribution < 1.29 is 0 Å². The lowest BCUT2D eigenvalue weighted by molar-refractivity contribution is 0.324. The Labute approximate surface area is 191 Å². The first-order valence-electron chi connectivity index (χ1n) is 10.8. The molecule has 0 bridgehead atoms. The molecule has 0 amide bonds. The molecule has 0 aliphatic carbocycles. The maximum absolute atomic E-state index is 13.3. The molecule has 174 valence electrons. The summed E-state index contributed by atoms with van der Waals surface area (Å²) in [5.41, 5.74) is 0.164. The minimum atomic E-state index is -0.325. The van der Waals surface area contributed by atoms with Crippen LogP contribution in [0.2, 0.25) is 0 Å². The summed E-state index contributed by atoms with van der Waals surface area (Å²) in [5.74, 6) is 0. The number of tetrazole rings is 2. The fourth-order valence-electron chi connectivity index (χ4n) is 3.90. The van der Waals surface area contributed by atoms with Gasteiger partial charge in [-0.25, -0.2) is 9.67 Å². The third-order valence-corrected chi connectivity index (χ3v) is 5.80. The molecule has 2 atom stereocenters. The molecular weight excluding hydrogens is 442 g/mol. The molecule has 0 spiro atoms. The van der Waals surface area contributed by atoms with Crippen molar-refractivity contribution in [3.8, 4) is 0 Å². The topological polar surface area (TPSA) is 170 Å². The van der Waals surface area contributed by atoms with Gasteiger partial charge in [-0.2, -0.15) is 9.59 Å². The van der Waals surface area contributed by atoms with Crippen LogP contribution >= 0.6 is 0 Å². The minimum Gasteiger partial charge on any atom is -0.294 e. The molecule has 4 aromatic heterocycles. The zero-order chi connectivity index (χ0) is 23.7. The lowest BCUT2D eigenvalue weighted by atomic mass is 10.1. The van der Waals surface area contributed by atoms with Gasteiger partial charge in [0, 0.05) is 0 Å².